The summed E-state index contributed by atoms with van der Waals surface area (Å²) in [6.45, 7) is 2.16. The molecule has 1 aromatic heterocycles. The second kappa shape index (κ2) is 8.97. The number of nitrogens with one attached hydrogen (secondary N) is 1. The summed E-state index contributed by atoms with van der Waals surface area (Å²) in [5.41, 5.74) is 3.77. The molecule has 5 nitrogen and oxygen atoms in total. The lowest BCUT2D eigenvalue weighted by molar-refractivity contribution is -0.123. The molecule has 3 aromatic rings. The van der Waals surface area contributed by atoms with Gasteiger partial charge in [0.05, 0.1) is 0 Å². The van der Waals surface area contributed by atoms with Gasteiger partial charge in [0, 0.05) is 31.3 Å². The van der Waals surface area contributed by atoms with E-state index in [4.69, 9.17) is 0 Å². The van der Waals surface area contributed by atoms with Crippen molar-refractivity contribution in [2.75, 3.05) is 13.1 Å². The second-order valence-corrected chi connectivity index (χ2v) is 7.58. The van der Waals surface area contributed by atoms with E-state index in [-0.39, 0.29) is 11.5 Å². The Bertz CT molecular complexity index is 1020. The number of carbonyl (C=O) groups excluding carboxylic acids is 1. The fraction of sp³-hybridized carbons (Fsp3) is 0.292. The molecular formula is C24H25N3O2. The maximum Gasteiger partial charge on any atom is 0.270 e. The molecule has 0 aliphatic carbocycles. The lowest BCUT2D eigenvalue weighted by atomic mass is 9.87. The van der Waals surface area contributed by atoms with Gasteiger partial charge in [0.25, 0.3) is 5.56 Å². The van der Waals surface area contributed by atoms with E-state index in [1.54, 1.807) is 12.4 Å². The predicted molar refractivity (Wildman–Crippen MR) is 113 cm³/mol. The number of aromatic nitrogens is 2. The summed E-state index contributed by atoms with van der Waals surface area (Å²) in [5, 5.41) is 0. The van der Waals surface area contributed by atoms with Gasteiger partial charge >= 0.3 is 0 Å². The van der Waals surface area contributed by atoms with E-state index in [1.165, 1.54) is 0 Å². The van der Waals surface area contributed by atoms with Crippen LogP contribution in [0.1, 0.15) is 24.1 Å². The zero-order chi connectivity index (χ0) is 20.1. The van der Waals surface area contributed by atoms with E-state index >= 15 is 0 Å². The summed E-state index contributed by atoms with van der Waals surface area (Å²) in [4.78, 5) is 33.8. The van der Waals surface area contributed by atoms with Crippen molar-refractivity contribution < 1.29 is 4.79 Å². The number of Topliss-reactive ketones (excluding diaryl/α,β-unsaturated/α-hetero) is 1. The van der Waals surface area contributed by atoms with Gasteiger partial charge in [-0.05, 0) is 42.6 Å². The zero-order valence-electron chi connectivity index (χ0n) is 16.4. The Morgan fingerprint density at radius 1 is 1.03 bits per heavy atom. The SMILES string of the molecule is O=C(Cc1ccccc1-c1ccccc1)C1CCN(Cc2ncc[nH]c2=O)CC1. The first-order chi connectivity index (χ1) is 14.2. The van der Waals surface area contributed by atoms with Gasteiger partial charge in [0.1, 0.15) is 11.5 Å². The topological polar surface area (TPSA) is 66.1 Å². The standard InChI is InChI=1S/C24H25N3O2/c28-23(16-20-8-4-5-9-21(20)18-6-2-1-3-7-18)19-10-14-27(15-11-19)17-22-24(29)26-13-12-25-22/h1-9,12-13,19H,10-11,14-17H2,(H,26,29). The lowest BCUT2D eigenvalue weighted by Gasteiger charge is -2.30. The zero-order valence-corrected chi connectivity index (χ0v) is 16.4. The number of aromatic amines is 1. The second-order valence-electron chi connectivity index (χ2n) is 7.58. The maximum atomic E-state index is 13.0. The number of likely N-dealkylation sites (tertiary alicyclic amines) is 1. The van der Waals surface area contributed by atoms with Crippen molar-refractivity contribution in [3.63, 3.8) is 0 Å². The van der Waals surface area contributed by atoms with Gasteiger partial charge in [-0.25, -0.2) is 0 Å². The van der Waals surface area contributed by atoms with Crippen molar-refractivity contribution in [3.05, 3.63) is 88.6 Å². The molecule has 148 valence electrons. The molecule has 0 atom stereocenters. The Balaban J connectivity index is 1.38. The van der Waals surface area contributed by atoms with E-state index in [9.17, 15) is 9.59 Å². The summed E-state index contributed by atoms with van der Waals surface area (Å²) in [6, 6.07) is 18.4. The first kappa shape index (κ1) is 19.3. The first-order valence-electron chi connectivity index (χ1n) is 10.1. The third-order valence-electron chi connectivity index (χ3n) is 5.66. The van der Waals surface area contributed by atoms with Gasteiger partial charge in [0.15, 0.2) is 0 Å². The highest BCUT2D eigenvalue weighted by molar-refractivity contribution is 5.85. The Morgan fingerprint density at radius 3 is 2.52 bits per heavy atom. The minimum absolute atomic E-state index is 0.0806. The molecule has 2 aromatic carbocycles. The number of carbonyl (C=O) groups is 1. The molecule has 1 saturated heterocycles. The van der Waals surface area contributed by atoms with Crippen LogP contribution < -0.4 is 5.56 Å². The Morgan fingerprint density at radius 2 is 1.76 bits per heavy atom. The molecule has 4 rings (SSSR count). The quantitative estimate of drug-likeness (QED) is 0.703. The average Bonchev–Trinajstić information content (AvgIpc) is 2.77. The summed E-state index contributed by atoms with van der Waals surface area (Å²) >= 11 is 0. The number of hydrogen-bond acceptors (Lipinski definition) is 4. The molecule has 2 heterocycles. The van der Waals surface area contributed by atoms with Gasteiger partial charge in [-0.2, -0.15) is 0 Å². The van der Waals surface area contributed by atoms with Crippen LogP contribution in [0.2, 0.25) is 0 Å². The number of benzene rings is 2. The molecule has 0 unspecified atom stereocenters. The molecule has 29 heavy (non-hydrogen) atoms. The number of rotatable bonds is 6. The molecule has 0 spiro atoms. The van der Waals surface area contributed by atoms with Crippen molar-refractivity contribution in [2.45, 2.75) is 25.8 Å². The third kappa shape index (κ3) is 4.69. The van der Waals surface area contributed by atoms with Gasteiger partial charge in [-0.3, -0.25) is 19.5 Å². The summed E-state index contributed by atoms with van der Waals surface area (Å²) < 4.78 is 0. The van der Waals surface area contributed by atoms with Gasteiger partial charge in [-0.15, -0.1) is 0 Å². The highest BCUT2D eigenvalue weighted by Crippen LogP contribution is 2.26. The molecule has 0 radical (unpaired) electrons. The summed E-state index contributed by atoms with van der Waals surface area (Å²) in [5.74, 6) is 0.390. The van der Waals surface area contributed by atoms with Gasteiger partial charge in [0.2, 0.25) is 0 Å². The van der Waals surface area contributed by atoms with Crippen LogP contribution in [0.15, 0.2) is 71.8 Å². The molecule has 0 bridgehead atoms. The minimum atomic E-state index is -0.136. The smallest absolute Gasteiger partial charge is 0.270 e. The number of H-pyrrole nitrogens is 1. The van der Waals surface area contributed by atoms with Crippen LogP contribution in [-0.4, -0.2) is 33.7 Å². The van der Waals surface area contributed by atoms with E-state index in [0.29, 0.717) is 24.4 Å². The van der Waals surface area contributed by atoms with Crippen LogP contribution in [0.3, 0.4) is 0 Å². The van der Waals surface area contributed by atoms with Crippen LogP contribution in [0, 0.1) is 5.92 Å². The number of piperidine rings is 1. The van der Waals surface area contributed by atoms with Crippen molar-refractivity contribution in [1.82, 2.24) is 14.9 Å². The minimum Gasteiger partial charge on any atom is -0.326 e. The number of nitrogens with zero attached hydrogens (tertiary/aromatic N) is 2. The van der Waals surface area contributed by atoms with Crippen LogP contribution in [0.5, 0.6) is 0 Å². The van der Waals surface area contributed by atoms with Crippen LogP contribution in [0.25, 0.3) is 11.1 Å². The Hall–Kier alpha value is -3.05. The van der Waals surface area contributed by atoms with E-state index in [2.05, 4.69) is 39.1 Å². The summed E-state index contributed by atoms with van der Waals surface area (Å²) in [7, 11) is 0. The highest BCUT2D eigenvalue weighted by Gasteiger charge is 2.26. The fourth-order valence-electron chi connectivity index (χ4n) is 4.03. The molecule has 1 aliphatic heterocycles. The third-order valence-corrected chi connectivity index (χ3v) is 5.66. The predicted octanol–water partition coefficient (Wildman–Crippen LogP) is 3.46. The van der Waals surface area contributed by atoms with E-state index < -0.39 is 0 Å². The average molecular weight is 387 g/mol. The van der Waals surface area contributed by atoms with Crippen LogP contribution in [0.4, 0.5) is 0 Å². The Kier molecular flexibility index (Phi) is 5.96. The monoisotopic (exact) mass is 387 g/mol. The molecule has 0 amide bonds. The normalized spacial score (nSPS) is 15.3. The highest BCUT2D eigenvalue weighted by atomic mass is 16.1. The van der Waals surface area contributed by atoms with Crippen LogP contribution in [-0.2, 0) is 17.8 Å². The fourth-order valence-corrected chi connectivity index (χ4v) is 4.03. The molecule has 5 heteroatoms. The van der Waals surface area contributed by atoms with E-state index in [0.717, 1.165) is 42.6 Å². The largest absolute Gasteiger partial charge is 0.326 e. The molecule has 1 N–H and O–H groups in total. The van der Waals surface area contributed by atoms with Gasteiger partial charge in [-0.1, -0.05) is 54.6 Å². The lowest BCUT2D eigenvalue weighted by Crippen LogP contribution is -2.37. The summed E-state index contributed by atoms with van der Waals surface area (Å²) in [6.07, 6.45) is 5.28. The Labute approximate surface area is 170 Å². The van der Waals surface area contributed by atoms with Crippen molar-refractivity contribution >= 4 is 5.78 Å². The molecular weight excluding hydrogens is 362 g/mol. The van der Waals surface area contributed by atoms with Crippen molar-refractivity contribution in [3.8, 4) is 11.1 Å². The van der Waals surface area contributed by atoms with Crippen molar-refractivity contribution in [1.29, 1.82) is 0 Å². The van der Waals surface area contributed by atoms with Crippen LogP contribution >= 0.6 is 0 Å². The molecule has 1 aliphatic rings. The first-order valence-corrected chi connectivity index (χ1v) is 10.1. The van der Waals surface area contributed by atoms with Crippen molar-refractivity contribution in [2.24, 2.45) is 5.92 Å². The van der Waals surface area contributed by atoms with Gasteiger partial charge < -0.3 is 4.98 Å². The maximum absolute atomic E-state index is 13.0. The molecule has 0 saturated carbocycles. The number of ketones is 1. The molecule has 1 fully saturated rings. The van der Waals surface area contributed by atoms with E-state index in [1.807, 2.05) is 30.3 Å². The number of hydrogen-bond donors (Lipinski definition) is 1.